The van der Waals surface area contributed by atoms with Gasteiger partial charge < -0.3 is 10.4 Å². The van der Waals surface area contributed by atoms with E-state index < -0.39 is 0 Å². The van der Waals surface area contributed by atoms with Crippen molar-refractivity contribution in [2.24, 2.45) is 0 Å². The smallest absolute Gasteiger partial charge is 0.0541 e. The molecule has 106 valence electrons. The van der Waals surface area contributed by atoms with Crippen molar-refractivity contribution in [1.82, 2.24) is 5.32 Å². The average molecular weight is 261 g/mol. The third-order valence-corrected chi connectivity index (χ3v) is 4.13. The van der Waals surface area contributed by atoms with Crippen molar-refractivity contribution in [3.05, 3.63) is 35.9 Å². The van der Waals surface area contributed by atoms with E-state index in [0.29, 0.717) is 12.1 Å². The quantitative estimate of drug-likeness (QED) is 0.823. The van der Waals surface area contributed by atoms with E-state index in [9.17, 15) is 5.11 Å². The van der Waals surface area contributed by atoms with Gasteiger partial charge in [0.2, 0.25) is 0 Å². The molecule has 0 radical (unpaired) electrons. The first-order valence-corrected chi connectivity index (χ1v) is 7.76. The Balaban J connectivity index is 1.85. The van der Waals surface area contributed by atoms with Crippen molar-refractivity contribution in [3.8, 4) is 0 Å². The molecule has 2 heteroatoms. The molecule has 1 saturated carbocycles. The lowest BCUT2D eigenvalue weighted by atomic mass is 9.91. The minimum absolute atomic E-state index is 0.0585. The van der Waals surface area contributed by atoms with Gasteiger partial charge in [-0.25, -0.2) is 0 Å². The number of benzene rings is 1. The molecule has 1 fully saturated rings. The van der Waals surface area contributed by atoms with Crippen LogP contribution in [-0.2, 0) is 6.42 Å². The average Bonchev–Trinajstić information content (AvgIpc) is 2.43. The third kappa shape index (κ3) is 4.96. The molecule has 19 heavy (non-hydrogen) atoms. The number of aliphatic hydroxyl groups excluding tert-OH is 1. The second-order valence-electron chi connectivity index (χ2n) is 5.85. The third-order valence-electron chi connectivity index (χ3n) is 4.13. The highest BCUT2D eigenvalue weighted by Crippen LogP contribution is 2.20. The lowest BCUT2D eigenvalue weighted by molar-refractivity contribution is 0.113. The molecule has 0 saturated heterocycles. The van der Waals surface area contributed by atoms with Crippen LogP contribution in [0.2, 0.25) is 0 Å². The number of rotatable bonds is 6. The maximum atomic E-state index is 9.57. The monoisotopic (exact) mass is 261 g/mol. The largest absolute Gasteiger partial charge is 0.393 e. The molecule has 1 unspecified atom stereocenters. The zero-order valence-electron chi connectivity index (χ0n) is 12.0. The van der Waals surface area contributed by atoms with Crippen LogP contribution >= 0.6 is 0 Å². The van der Waals surface area contributed by atoms with E-state index in [-0.39, 0.29) is 6.10 Å². The first-order valence-electron chi connectivity index (χ1n) is 7.76. The predicted molar refractivity (Wildman–Crippen MR) is 80.2 cm³/mol. The fourth-order valence-electron chi connectivity index (χ4n) is 3.07. The molecule has 2 nitrogen and oxygen atoms in total. The van der Waals surface area contributed by atoms with Gasteiger partial charge >= 0.3 is 0 Å². The standard InChI is InChI=1S/C17H27NO/c1-2-6-16(13-14-7-4-3-5-8-14)18-15-9-11-17(19)12-10-15/h3-5,7-8,15-19H,2,6,9-13H2,1H3. The van der Waals surface area contributed by atoms with Gasteiger partial charge in [-0.1, -0.05) is 43.7 Å². The Kier molecular flexibility index (Phi) is 5.87. The topological polar surface area (TPSA) is 32.3 Å². The maximum Gasteiger partial charge on any atom is 0.0541 e. The van der Waals surface area contributed by atoms with Crippen LogP contribution in [0.15, 0.2) is 30.3 Å². The molecule has 0 bridgehead atoms. The first-order chi connectivity index (χ1) is 9.28. The predicted octanol–water partition coefficient (Wildman–Crippen LogP) is 3.29. The fourth-order valence-corrected chi connectivity index (χ4v) is 3.07. The van der Waals surface area contributed by atoms with Gasteiger partial charge in [-0.3, -0.25) is 0 Å². The van der Waals surface area contributed by atoms with E-state index in [1.807, 2.05) is 0 Å². The van der Waals surface area contributed by atoms with Crippen molar-refractivity contribution in [3.63, 3.8) is 0 Å². The highest BCUT2D eigenvalue weighted by atomic mass is 16.3. The van der Waals surface area contributed by atoms with Crippen molar-refractivity contribution < 1.29 is 5.11 Å². The summed E-state index contributed by atoms with van der Waals surface area (Å²) in [7, 11) is 0. The summed E-state index contributed by atoms with van der Waals surface area (Å²) >= 11 is 0. The van der Waals surface area contributed by atoms with Crippen LogP contribution in [0.3, 0.4) is 0 Å². The summed E-state index contributed by atoms with van der Waals surface area (Å²) in [6, 6.07) is 11.9. The van der Waals surface area contributed by atoms with E-state index in [1.54, 1.807) is 0 Å². The second-order valence-corrected chi connectivity index (χ2v) is 5.85. The molecule has 0 amide bonds. The molecular weight excluding hydrogens is 234 g/mol. The van der Waals surface area contributed by atoms with Crippen LogP contribution in [0.4, 0.5) is 0 Å². The Morgan fingerprint density at radius 2 is 1.84 bits per heavy atom. The number of hydrogen-bond donors (Lipinski definition) is 2. The Bertz CT molecular complexity index is 344. The molecule has 1 aromatic rings. The molecule has 1 aromatic carbocycles. The van der Waals surface area contributed by atoms with Crippen molar-refractivity contribution in [1.29, 1.82) is 0 Å². The van der Waals surface area contributed by atoms with Crippen LogP contribution in [0.5, 0.6) is 0 Å². The van der Waals surface area contributed by atoms with Crippen LogP contribution in [0.25, 0.3) is 0 Å². The van der Waals surface area contributed by atoms with Gasteiger partial charge in [0.25, 0.3) is 0 Å². The molecule has 0 aliphatic heterocycles. The van der Waals surface area contributed by atoms with Gasteiger partial charge in [0.1, 0.15) is 0 Å². The molecule has 0 heterocycles. The van der Waals surface area contributed by atoms with E-state index in [2.05, 4.69) is 42.6 Å². The van der Waals surface area contributed by atoms with Crippen LogP contribution in [0.1, 0.15) is 51.0 Å². The van der Waals surface area contributed by atoms with E-state index in [0.717, 1.165) is 32.1 Å². The summed E-state index contributed by atoms with van der Waals surface area (Å²) in [6.07, 6.45) is 7.68. The second kappa shape index (κ2) is 7.66. The molecular formula is C17H27NO. The van der Waals surface area contributed by atoms with Crippen molar-refractivity contribution in [2.45, 2.75) is 70.1 Å². The maximum absolute atomic E-state index is 9.57. The van der Waals surface area contributed by atoms with E-state index >= 15 is 0 Å². The summed E-state index contributed by atoms with van der Waals surface area (Å²) in [5, 5.41) is 13.4. The number of aliphatic hydroxyl groups is 1. The van der Waals surface area contributed by atoms with Gasteiger partial charge in [0.15, 0.2) is 0 Å². The SMILES string of the molecule is CCCC(Cc1ccccc1)NC1CCC(O)CC1. The van der Waals surface area contributed by atoms with E-state index in [4.69, 9.17) is 0 Å². The Morgan fingerprint density at radius 1 is 1.16 bits per heavy atom. The highest BCUT2D eigenvalue weighted by Gasteiger charge is 2.21. The number of nitrogens with one attached hydrogen (secondary N) is 1. The normalized spacial score (nSPS) is 25.2. The summed E-state index contributed by atoms with van der Waals surface area (Å²) in [5.74, 6) is 0. The summed E-state index contributed by atoms with van der Waals surface area (Å²) in [4.78, 5) is 0. The Hall–Kier alpha value is -0.860. The molecule has 0 aromatic heterocycles. The summed E-state index contributed by atoms with van der Waals surface area (Å²) in [6.45, 7) is 2.25. The summed E-state index contributed by atoms with van der Waals surface area (Å²) in [5.41, 5.74) is 1.42. The van der Waals surface area contributed by atoms with Crippen molar-refractivity contribution in [2.75, 3.05) is 0 Å². The van der Waals surface area contributed by atoms with Crippen LogP contribution in [-0.4, -0.2) is 23.3 Å². The summed E-state index contributed by atoms with van der Waals surface area (Å²) < 4.78 is 0. The molecule has 0 spiro atoms. The van der Waals surface area contributed by atoms with Crippen molar-refractivity contribution >= 4 is 0 Å². The molecule has 2 N–H and O–H groups in total. The van der Waals surface area contributed by atoms with Gasteiger partial charge in [-0.2, -0.15) is 0 Å². The highest BCUT2D eigenvalue weighted by molar-refractivity contribution is 5.16. The minimum Gasteiger partial charge on any atom is -0.393 e. The lowest BCUT2D eigenvalue weighted by Crippen LogP contribution is -2.42. The van der Waals surface area contributed by atoms with Gasteiger partial charge in [-0.15, -0.1) is 0 Å². The molecule has 1 atom stereocenters. The van der Waals surface area contributed by atoms with E-state index in [1.165, 1.54) is 18.4 Å². The van der Waals surface area contributed by atoms with Gasteiger partial charge in [0.05, 0.1) is 6.10 Å². The van der Waals surface area contributed by atoms with Gasteiger partial charge in [0, 0.05) is 12.1 Å². The van der Waals surface area contributed by atoms with Crippen LogP contribution in [0, 0.1) is 0 Å². The first kappa shape index (κ1) is 14.5. The Labute approximate surface area is 117 Å². The zero-order chi connectivity index (χ0) is 13.5. The number of hydrogen-bond acceptors (Lipinski definition) is 2. The lowest BCUT2D eigenvalue weighted by Gasteiger charge is -2.30. The fraction of sp³-hybridized carbons (Fsp3) is 0.647. The van der Waals surface area contributed by atoms with Gasteiger partial charge in [-0.05, 0) is 44.1 Å². The zero-order valence-corrected chi connectivity index (χ0v) is 12.0. The Morgan fingerprint density at radius 3 is 2.47 bits per heavy atom. The van der Waals surface area contributed by atoms with Crippen LogP contribution < -0.4 is 5.32 Å². The molecule has 1 aliphatic rings. The minimum atomic E-state index is -0.0585. The molecule has 2 rings (SSSR count). The molecule has 1 aliphatic carbocycles.